The number of halogens is 2. The van der Waals surface area contributed by atoms with Crippen LogP contribution < -0.4 is 5.32 Å². The Labute approximate surface area is 106 Å². The van der Waals surface area contributed by atoms with Crippen molar-refractivity contribution in [3.63, 3.8) is 0 Å². The zero-order chi connectivity index (χ0) is 13.0. The second-order valence-corrected chi connectivity index (χ2v) is 4.64. The molecule has 0 bridgehead atoms. The van der Waals surface area contributed by atoms with E-state index in [1.165, 1.54) is 6.07 Å². The number of hydrogen-bond acceptors (Lipinski definition) is 2. The fraction of sp³-hybridized carbons (Fsp3) is 0.571. The summed E-state index contributed by atoms with van der Waals surface area (Å²) in [5.74, 6) is -1.37. The standard InChI is InChI=1S/C14H19F2NO/c1-2-17-9-10-5-4-8-18-14(10)11-6-3-7-12(15)13(11)16/h3,6-7,10,14,17H,2,4-5,8-9H2,1H3. The van der Waals surface area contributed by atoms with E-state index in [9.17, 15) is 8.78 Å². The van der Waals surface area contributed by atoms with Crippen LogP contribution in [0.1, 0.15) is 31.4 Å². The lowest BCUT2D eigenvalue weighted by molar-refractivity contribution is -0.0298. The van der Waals surface area contributed by atoms with Crippen molar-refractivity contribution in [1.29, 1.82) is 0 Å². The lowest BCUT2D eigenvalue weighted by Gasteiger charge is -2.32. The van der Waals surface area contributed by atoms with Crippen LogP contribution in [0, 0.1) is 17.6 Å². The summed E-state index contributed by atoms with van der Waals surface area (Å²) in [6.07, 6.45) is 1.62. The third kappa shape index (κ3) is 2.87. The second kappa shape index (κ2) is 6.25. The fourth-order valence-electron chi connectivity index (χ4n) is 2.47. The molecule has 2 rings (SSSR count). The van der Waals surface area contributed by atoms with Crippen LogP contribution in [0.5, 0.6) is 0 Å². The van der Waals surface area contributed by atoms with E-state index in [1.54, 1.807) is 6.07 Å². The molecule has 0 radical (unpaired) electrons. The Balaban J connectivity index is 2.19. The molecule has 100 valence electrons. The molecule has 1 saturated heterocycles. The number of hydrogen-bond donors (Lipinski definition) is 1. The lowest BCUT2D eigenvalue weighted by atomic mass is 9.89. The van der Waals surface area contributed by atoms with Crippen LogP contribution >= 0.6 is 0 Å². The minimum Gasteiger partial charge on any atom is -0.373 e. The number of nitrogens with one attached hydrogen (secondary N) is 1. The number of rotatable bonds is 4. The second-order valence-electron chi connectivity index (χ2n) is 4.64. The van der Waals surface area contributed by atoms with E-state index in [0.29, 0.717) is 12.2 Å². The average Bonchev–Trinajstić information content (AvgIpc) is 2.40. The van der Waals surface area contributed by atoms with Gasteiger partial charge in [0, 0.05) is 24.6 Å². The molecule has 0 amide bonds. The zero-order valence-corrected chi connectivity index (χ0v) is 10.6. The van der Waals surface area contributed by atoms with Crippen molar-refractivity contribution in [3.8, 4) is 0 Å². The highest BCUT2D eigenvalue weighted by atomic mass is 19.2. The van der Waals surface area contributed by atoms with Crippen molar-refractivity contribution in [2.24, 2.45) is 5.92 Å². The van der Waals surface area contributed by atoms with Gasteiger partial charge in [-0.2, -0.15) is 0 Å². The molecule has 2 unspecified atom stereocenters. The maximum atomic E-state index is 13.8. The SMILES string of the molecule is CCNCC1CCCOC1c1cccc(F)c1F. The molecule has 0 spiro atoms. The molecule has 18 heavy (non-hydrogen) atoms. The number of benzene rings is 1. The van der Waals surface area contributed by atoms with Crippen LogP contribution in [-0.4, -0.2) is 19.7 Å². The molecule has 1 aromatic rings. The van der Waals surface area contributed by atoms with Gasteiger partial charge in [0.05, 0.1) is 6.10 Å². The topological polar surface area (TPSA) is 21.3 Å². The van der Waals surface area contributed by atoms with Crippen molar-refractivity contribution in [2.45, 2.75) is 25.9 Å². The summed E-state index contributed by atoms with van der Waals surface area (Å²) in [7, 11) is 0. The summed E-state index contributed by atoms with van der Waals surface area (Å²) in [5.41, 5.74) is 0.345. The summed E-state index contributed by atoms with van der Waals surface area (Å²) in [6.45, 7) is 4.29. The Morgan fingerprint density at radius 1 is 1.39 bits per heavy atom. The van der Waals surface area contributed by atoms with Crippen molar-refractivity contribution in [2.75, 3.05) is 19.7 Å². The van der Waals surface area contributed by atoms with Crippen molar-refractivity contribution in [1.82, 2.24) is 5.32 Å². The Hall–Kier alpha value is -1.00. The molecule has 2 nitrogen and oxygen atoms in total. The summed E-state index contributed by atoms with van der Waals surface area (Å²) < 4.78 is 32.7. The van der Waals surface area contributed by atoms with E-state index in [0.717, 1.165) is 32.0 Å². The van der Waals surface area contributed by atoms with E-state index < -0.39 is 11.6 Å². The minimum absolute atomic E-state index is 0.204. The van der Waals surface area contributed by atoms with Crippen LogP contribution in [0.2, 0.25) is 0 Å². The Morgan fingerprint density at radius 2 is 2.22 bits per heavy atom. The summed E-state index contributed by atoms with van der Waals surface area (Å²) in [4.78, 5) is 0. The van der Waals surface area contributed by atoms with E-state index in [4.69, 9.17) is 4.74 Å². The molecular formula is C14H19F2NO. The van der Waals surface area contributed by atoms with E-state index in [2.05, 4.69) is 5.32 Å². The first-order valence-corrected chi connectivity index (χ1v) is 6.50. The van der Waals surface area contributed by atoms with Gasteiger partial charge in [0.25, 0.3) is 0 Å². The molecular weight excluding hydrogens is 236 g/mol. The molecule has 0 aliphatic carbocycles. The van der Waals surface area contributed by atoms with Crippen LogP contribution in [-0.2, 0) is 4.74 Å². The smallest absolute Gasteiger partial charge is 0.164 e. The largest absolute Gasteiger partial charge is 0.373 e. The van der Waals surface area contributed by atoms with Crippen LogP contribution in [0.25, 0.3) is 0 Å². The quantitative estimate of drug-likeness (QED) is 0.893. The average molecular weight is 255 g/mol. The van der Waals surface area contributed by atoms with Gasteiger partial charge in [-0.25, -0.2) is 8.78 Å². The predicted molar refractivity (Wildman–Crippen MR) is 66.3 cm³/mol. The van der Waals surface area contributed by atoms with Gasteiger partial charge in [0.15, 0.2) is 11.6 Å². The highest BCUT2D eigenvalue weighted by Crippen LogP contribution is 2.35. The molecule has 1 heterocycles. The van der Waals surface area contributed by atoms with Gasteiger partial charge in [0.2, 0.25) is 0 Å². The van der Waals surface area contributed by atoms with Crippen LogP contribution in [0.4, 0.5) is 8.78 Å². The lowest BCUT2D eigenvalue weighted by Crippen LogP contribution is -2.32. The van der Waals surface area contributed by atoms with E-state index >= 15 is 0 Å². The summed E-state index contributed by atoms with van der Waals surface area (Å²) in [5, 5.41) is 3.26. The molecule has 0 aromatic heterocycles. The maximum absolute atomic E-state index is 13.8. The van der Waals surface area contributed by atoms with E-state index in [-0.39, 0.29) is 12.0 Å². The summed E-state index contributed by atoms with van der Waals surface area (Å²) >= 11 is 0. The number of ether oxygens (including phenoxy) is 1. The third-order valence-electron chi connectivity index (χ3n) is 3.39. The first-order valence-electron chi connectivity index (χ1n) is 6.50. The molecule has 4 heteroatoms. The molecule has 0 saturated carbocycles. The highest BCUT2D eigenvalue weighted by molar-refractivity contribution is 5.22. The first kappa shape index (κ1) is 13.4. The zero-order valence-electron chi connectivity index (χ0n) is 10.6. The maximum Gasteiger partial charge on any atom is 0.164 e. The fourth-order valence-corrected chi connectivity index (χ4v) is 2.47. The molecule has 1 aliphatic rings. The third-order valence-corrected chi connectivity index (χ3v) is 3.39. The Kier molecular flexibility index (Phi) is 4.66. The minimum atomic E-state index is -0.802. The normalized spacial score (nSPS) is 24.2. The van der Waals surface area contributed by atoms with Crippen molar-refractivity contribution in [3.05, 3.63) is 35.4 Å². The van der Waals surface area contributed by atoms with Crippen molar-refractivity contribution >= 4 is 0 Å². The van der Waals surface area contributed by atoms with Gasteiger partial charge < -0.3 is 10.1 Å². The molecule has 2 atom stereocenters. The Bertz CT molecular complexity index is 397. The molecule has 1 N–H and O–H groups in total. The predicted octanol–water partition coefficient (Wildman–Crippen LogP) is 3.04. The summed E-state index contributed by atoms with van der Waals surface area (Å²) in [6, 6.07) is 4.30. The van der Waals surface area contributed by atoms with Gasteiger partial charge in [-0.15, -0.1) is 0 Å². The van der Waals surface area contributed by atoms with Gasteiger partial charge in [0.1, 0.15) is 0 Å². The van der Waals surface area contributed by atoms with Crippen LogP contribution in [0.15, 0.2) is 18.2 Å². The molecule has 1 fully saturated rings. The molecule has 1 aliphatic heterocycles. The van der Waals surface area contributed by atoms with E-state index in [1.807, 2.05) is 6.92 Å². The Morgan fingerprint density at radius 3 is 3.00 bits per heavy atom. The monoisotopic (exact) mass is 255 g/mol. The molecule has 1 aromatic carbocycles. The first-order chi connectivity index (χ1) is 8.74. The highest BCUT2D eigenvalue weighted by Gasteiger charge is 2.29. The van der Waals surface area contributed by atoms with Gasteiger partial charge >= 0.3 is 0 Å². The van der Waals surface area contributed by atoms with Crippen molar-refractivity contribution < 1.29 is 13.5 Å². The van der Waals surface area contributed by atoms with Gasteiger partial charge in [-0.1, -0.05) is 19.1 Å². The van der Waals surface area contributed by atoms with Gasteiger partial charge in [-0.3, -0.25) is 0 Å². The van der Waals surface area contributed by atoms with Crippen LogP contribution in [0.3, 0.4) is 0 Å². The van der Waals surface area contributed by atoms with Gasteiger partial charge in [-0.05, 0) is 25.5 Å².